The number of hydrogen-bond donors (Lipinski definition) is 1. The molecule has 24 heavy (non-hydrogen) atoms. The summed E-state index contributed by atoms with van der Waals surface area (Å²) in [5.41, 5.74) is 2.12. The Morgan fingerprint density at radius 3 is 2.58 bits per heavy atom. The van der Waals surface area contributed by atoms with Crippen LogP contribution in [0.2, 0.25) is 0 Å². The van der Waals surface area contributed by atoms with Gasteiger partial charge in [-0.1, -0.05) is 41.6 Å². The topological polar surface area (TPSA) is 85.1 Å². The molecule has 0 aliphatic rings. The Labute approximate surface area is 140 Å². The van der Waals surface area contributed by atoms with Gasteiger partial charge in [0.1, 0.15) is 0 Å². The highest BCUT2D eigenvalue weighted by atomic mass is 32.2. The molecule has 0 radical (unpaired) electrons. The van der Waals surface area contributed by atoms with Gasteiger partial charge < -0.3 is 4.52 Å². The van der Waals surface area contributed by atoms with Gasteiger partial charge in [0.2, 0.25) is 10.0 Å². The summed E-state index contributed by atoms with van der Waals surface area (Å²) >= 11 is 0. The van der Waals surface area contributed by atoms with E-state index in [1.54, 1.807) is 31.2 Å². The molecule has 0 fully saturated rings. The molecule has 7 heteroatoms. The Bertz CT molecular complexity index is 921. The predicted molar refractivity (Wildman–Crippen MR) is 92.0 cm³/mol. The molecule has 0 amide bonds. The second kappa shape index (κ2) is 6.84. The van der Waals surface area contributed by atoms with E-state index in [9.17, 15) is 8.42 Å². The molecule has 0 bridgehead atoms. The molecule has 0 atom stereocenters. The van der Waals surface area contributed by atoms with Gasteiger partial charge in [-0.3, -0.25) is 4.72 Å². The summed E-state index contributed by atoms with van der Waals surface area (Å²) < 4.78 is 32.2. The van der Waals surface area contributed by atoms with Crippen LogP contribution in [0.5, 0.6) is 0 Å². The molecule has 0 spiro atoms. The molecule has 3 aromatic rings. The van der Waals surface area contributed by atoms with E-state index in [0.29, 0.717) is 29.4 Å². The highest BCUT2D eigenvalue weighted by molar-refractivity contribution is 7.92. The van der Waals surface area contributed by atoms with Crippen LogP contribution in [0, 0.1) is 6.92 Å². The van der Waals surface area contributed by atoms with Crippen LogP contribution >= 0.6 is 0 Å². The van der Waals surface area contributed by atoms with E-state index in [2.05, 4.69) is 14.9 Å². The van der Waals surface area contributed by atoms with Crippen LogP contribution in [0.1, 0.15) is 11.4 Å². The van der Waals surface area contributed by atoms with E-state index >= 15 is 0 Å². The number of rotatable bonds is 6. The van der Waals surface area contributed by atoms with Gasteiger partial charge >= 0.3 is 0 Å². The van der Waals surface area contributed by atoms with E-state index < -0.39 is 10.0 Å². The van der Waals surface area contributed by atoms with Crippen LogP contribution in [0.25, 0.3) is 11.5 Å². The standard InChI is InChI=1S/C17H17N3O3S/c1-13-18-17(23-19-13)15-8-5-9-16(12-15)20-24(21,22)11-10-14-6-3-2-4-7-14/h2-9,12,20H,10-11H2,1H3. The van der Waals surface area contributed by atoms with Gasteiger partial charge in [0.25, 0.3) is 5.89 Å². The third kappa shape index (κ3) is 4.20. The number of hydrogen-bond acceptors (Lipinski definition) is 5. The van der Waals surface area contributed by atoms with Crippen molar-refractivity contribution in [1.82, 2.24) is 10.1 Å². The van der Waals surface area contributed by atoms with E-state index in [1.165, 1.54) is 0 Å². The monoisotopic (exact) mass is 343 g/mol. The first-order valence-electron chi connectivity index (χ1n) is 7.47. The highest BCUT2D eigenvalue weighted by Gasteiger charge is 2.12. The normalized spacial score (nSPS) is 11.4. The molecule has 1 heterocycles. The average molecular weight is 343 g/mol. The minimum Gasteiger partial charge on any atom is -0.334 e. The second-order valence-corrected chi connectivity index (χ2v) is 7.23. The van der Waals surface area contributed by atoms with Crippen LogP contribution in [0.4, 0.5) is 5.69 Å². The Hall–Kier alpha value is -2.67. The van der Waals surface area contributed by atoms with Crippen LogP contribution < -0.4 is 4.72 Å². The van der Waals surface area contributed by atoms with Crippen LogP contribution in [0.3, 0.4) is 0 Å². The van der Waals surface area contributed by atoms with Crippen LogP contribution in [-0.2, 0) is 16.4 Å². The SMILES string of the molecule is Cc1noc(-c2cccc(NS(=O)(=O)CCc3ccccc3)c2)n1. The Balaban J connectivity index is 1.70. The molecule has 0 aliphatic carbocycles. The molecule has 2 aromatic carbocycles. The van der Waals surface area contributed by atoms with Crippen molar-refractivity contribution in [2.45, 2.75) is 13.3 Å². The number of nitrogens with zero attached hydrogens (tertiary/aromatic N) is 2. The van der Waals surface area contributed by atoms with Crippen LogP contribution in [0.15, 0.2) is 59.1 Å². The molecule has 6 nitrogen and oxygen atoms in total. The summed E-state index contributed by atoms with van der Waals surface area (Å²) in [5.74, 6) is 0.901. The van der Waals surface area contributed by atoms with Gasteiger partial charge in [0, 0.05) is 11.3 Å². The lowest BCUT2D eigenvalue weighted by Crippen LogP contribution is -2.18. The molecule has 0 aliphatic heterocycles. The van der Waals surface area contributed by atoms with E-state index in [0.717, 1.165) is 5.56 Å². The number of sulfonamides is 1. The first kappa shape index (κ1) is 16.2. The Morgan fingerprint density at radius 1 is 1.08 bits per heavy atom. The lowest BCUT2D eigenvalue weighted by molar-refractivity contribution is 0.425. The summed E-state index contributed by atoms with van der Waals surface area (Å²) in [6, 6.07) is 16.4. The molecule has 1 N–H and O–H groups in total. The van der Waals surface area contributed by atoms with E-state index in [-0.39, 0.29) is 5.75 Å². The molecule has 0 saturated heterocycles. The Kier molecular flexibility index (Phi) is 4.61. The predicted octanol–water partition coefficient (Wildman–Crippen LogP) is 3.03. The number of benzene rings is 2. The average Bonchev–Trinajstić information content (AvgIpc) is 3.01. The molecule has 1 aromatic heterocycles. The minimum absolute atomic E-state index is 0.0148. The van der Waals surface area contributed by atoms with Crippen molar-refractivity contribution in [3.05, 3.63) is 66.0 Å². The smallest absolute Gasteiger partial charge is 0.257 e. The summed E-state index contributed by atoms with van der Waals surface area (Å²) in [6.07, 6.45) is 0.457. The van der Waals surface area contributed by atoms with Crippen molar-refractivity contribution in [2.24, 2.45) is 0 Å². The van der Waals surface area contributed by atoms with Gasteiger partial charge in [-0.25, -0.2) is 8.42 Å². The van der Waals surface area contributed by atoms with Crippen molar-refractivity contribution in [3.8, 4) is 11.5 Å². The van der Waals surface area contributed by atoms with Crippen LogP contribution in [-0.4, -0.2) is 24.3 Å². The van der Waals surface area contributed by atoms with Crippen molar-refractivity contribution in [1.29, 1.82) is 0 Å². The zero-order chi connectivity index (χ0) is 17.0. The van der Waals surface area contributed by atoms with Gasteiger partial charge in [-0.05, 0) is 37.1 Å². The first-order valence-corrected chi connectivity index (χ1v) is 9.12. The zero-order valence-corrected chi connectivity index (χ0v) is 14.0. The lowest BCUT2D eigenvalue weighted by Gasteiger charge is -2.08. The first-order chi connectivity index (χ1) is 11.5. The summed E-state index contributed by atoms with van der Waals surface area (Å²) in [4.78, 5) is 4.14. The maximum Gasteiger partial charge on any atom is 0.257 e. The lowest BCUT2D eigenvalue weighted by atomic mass is 10.2. The molecular formula is C17H17N3O3S. The summed E-state index contributed by atoms with van der Waals surface area (Å²) in [6.45, 7) is 1.73. The quantitative estimate of drug-likeness (QED) is 0.743. The fourth-order valence-corrected chi connectivity index (χ4v) is 3.35. The second-order valence-electron chi connectivity index (χ2n) is 5.38. The number of anilines is 1. The minimum atomic E-state index is -3.44. The maximum absolute atomic E-state index is 12.3. The fraction of sp³-hybridized carbons (Fsp3) is 0.176. The van der Waals surface area contributed by atoms with Crippen molar-refractivity contribution in [3.63, 3.8) is 0 Å². The third-order valence-corrected chi connectivity index (χ3v) is 4.70. The molecule has 0 saturated carbocycles. The number of aryl methyl sites for hydroxylation is 2. The van der Waals surface area contributed by atoms with Gasteiger partial charge in [0.15, 0.2) is 5.82 Å². The molecule has 3 rings (SSSR count). The van der Waals surface area contributed by atoms with E-state index in [4.69, 9.17) is 4.52 Å². The van der Waals surface area contributed by atoms with E-state index in [1.807, 2.05) is 30.3 Å². The molecule has 0 unspecified atom stereocenters. The van der Waals surface area contributed by atoms with Gasteiger partial charge in [-0.2, -0.15) is 4.98 Å². The largest absolute Gasteiger partial charge is 0.334 e. The summed E-state index contributed by atoms with van der Waals surface area (Å²) in [7, 11) is -3.44. The Morgan fingerprint density at radius 2 is 1.88 bits per heavy atom. The van der Waals surface area contributed by atoms with Crippen molar-refractivity contribution >= 4 is 15.7 Å². The van der Waals surface area contributed by atoms with Gasteiger partial charge in [-0.15, -0.1) is 0 Å². The molecular weight excluding hydrogens is 326 g/mol. The van der Waals surface area contributed by atoms with Crippen molar-refractivity contribution < 1.29 is 12.9 Å². The fourth-order valence-electron chi connectivity index (χ4n) is 2.26. The van der Waals surface area contributed by atoms with Gasteiger partial charge in [0.05, 0.1) is 5.75 Å². The maximum atomic E-state index is 12.3. The van der Waals surface area contributed by atoms with Crippen molar-refractivity contribution in [2.75, 3.05) is 10.5 Å². The zero-order valence-electron chi connectivity index (χ0n) is 13.1. The third-order valence-electron chi connectivity index (χ3n) is 3.41. The number of aromatic nitrogens is 2. The highest BCUT2D eigenvalue weighted by Crippen LogP contribution is 2.21. The number of nitrogens with one attached hydrogen (secondary N) is 1. The summed E-state index contributed by atoms with van der Waals surface area (Å²) in [5, 5.41) is 3.74. The molecule has 124 valence electrons.